The fourth-order valence-electron chi connectivity index (χ4n) is 3.10. The third kappa shape index (κ3) is 6.91. The highest BCUT2D eigenvalue weighted by atomic mass is 32.1. The third-order valence-electron chi connectivity index (χ3n) is 4.97. The van der Waals surface area contributed by atoms with Crippen molar-refractivity contribution < 1.29 is 9.36 Å². The van der Waals surface area contributed by atoms with E-state index >= 15 is 0 Å². The molecule has 0 saturated heterocycles. The molecule has 2 rings (SSSR count). The molecule has 1 aromatic heterocycles. The fourth-order valence-corrected chi connectivity index (χ4v) is 3.25. The number of aromatic nitrogens is 1. The van der Waals surface area contributed by atoms with E-state index in [0.29, 0.717) is 12.3 Å². The summed E-state index contributed by atoms with van der Waals surface area (Å²) in [6.07, 6.45) is 7.25. The summed E-state index contributed by atoms with van der Waals surface area (Å²) in [6, 6.07) is 14.2. The van der Waals surface area contributed by atoms with Gasteiger partial charge in [0.05, 0.1) is 6.04 Å². The van der Waals surface area contributed by atoms with Crippen molar-refractivity contribution in [1.29, 1.82) is 0 Å². The smallest absolute Gasteiger partial charge is 0.240 e. The maximum absolute atomic E-state index is 12.0. The highest BCUT2D eigenvalue weighted by Gasteiger charge is 2.16. The first kappa shape index (κ1) is 23.0. The van der Waals surface area contributed by atoms with Crippen LogP contribution in [0.5, 0.6) is 0 Å². The van der Waals surface area contributed by atoms with Gasteiger partial charge < -0.3 is 15.5 Å². The zero-order valence-electron chi connectivity index (χ0n) is 17.7. The Morgan fingerprint density at radius 2 is 1.86 bits per heavy atom. The molecule has 6 heteroatoms. The Hall–Kier alpha value is -2.31. The molecule has 0 spiro atoms. The van der Waals surface area contributed by atoms with Gasteiger partial charge in [-0.05, 0) is 43.2 Å². The first-order chi connectivity index (χ1) is 14.0. The summed E-state index contributed by atoms with van der Waals surface area (Å²) in [5, 5.41) is 0. The number of pyridine rings is 1. The van der Waals surface area contributed by atoms with Gasteiger partial charge in [0.2, 0.25) is 11.6 Å². The predicted molar refractivity (Wildman–Crippen MR) is 125 cm³/mol. The van der Waals surface area contributed by atoms with E-state index in [2.05, 4.69) is 90.8 Å². The molecule has 2 N–H and O–H groups in total. The molecule has 0 radical (unpaired) electrons. The van der Waals surface area contributed by atoms with Gasteiger partial charge in [-0.25, -0.2) is 0 Å². The van der Waals surface area contributed by atoms with E-state index in [9.17, 15) is 4.79 Å². The maximum Gasteiger partial charge on any atom is 0.240 e. The van der Waals surface area contributed by atoms with Crippen LogP contribution >= 0.6 is 12.6 Å². The predicted octanol–water partition coefficient (Wildman–Crippen LogP) is 2.71. The Morgan fingerprint density at radius 1 is 1.14 bits per heavy atom. The van der Waals surface area contributed by atoms with E-state index in [4.69, 9.17) is 5.73 Å². The first-order valence-electron chi connectivity index (χ1n) is 10.1. The Morgan fingerprint density at radius 3 is 2.52 bits per heavy atom. The molecule has 1 amide bonds. The second-order valence-corrected chi connectivity index (χ2v) is 7.53. The summed E-state index contributed by atoms with van der Waals surface area (Å²) in [5.41, 5.74) is 9.26. The second-order valence-electron chi connectivity index (χ2n) is 7.16. The van der Waals surface area contributed by atoms with Crippen molar-refractivity contribution in [3.8, 4) is 0 Å². The Labute approximate surface area is 180 Å². The molecule has 2 aromatic rings. The summed E-state index contributed by atoms with van der Waals surface area (Å²) in [5.74, 6) is 0.314. The highest BCUT2D eigenvalue weighted by molar-refractivity contribution is 7.80. The largest absolute Gasteiger partial charge is 0.375 e. The van der Waals surface area contributed by atoms with Gasteiger partial charge in [0.25, 0.3) is 0 Å². The van der Waals surface area contributed by atoms with Gasteiger partial charge in [0, 0.05) is 56.8 Å². The van der Waals surface area contributed by atoms with E-state index in [1.54, 1.807) is 11.9 Å². The topological polar surface area (TPSA) is 53.5 Å². The van der Waals surface area contributed by atoms with E-state index in [1.165, 1.54) is 11.3 Å². The summed E-state index contributed by atoms with van der Waals surface area (Å²) in [4.78, 5) is 15.9. The number of hydrogen-bond acceptors (Lipinski definition) is 4. The molecule has 1 aromatic carbocycles. The molecule has 0 bridgehead atoms. The molecule has 0 fully saturated rings. The number of hydrogen-bond donors (Lipinski definition) is 2. The Kier molecular flexibility index (Phi) is 9.22. The molecule has 0 aliphatic carbocycles. The van der Waals surface area contributed by atoms with Gasteiger partial charge in [0.15, 0.2) is 6.20 Å². The lowest BCUT2D eigenvalue weighted by molar-refractivity contribution is -0.695. The number of amides is 1. The van der Waals surface area contributed by atoms with Crippen LogP contribution in [0.15, 0.2) is 48.7 Å². The minimum Gasteiger partial charge on any atom is -0.375 e. The van der Waals surface area contributed by atoms with Crippen LogP contribution in [-0.2, 0) is 11.3 Å². The number of nitrogens with zero attached hydrogens (tertiary/aromatic N) is 3. The van der Waals surface area contributed by atoms with Crippen LogP contribution in [0.25, 0.3) is 12.2 Å². The van der Waals surface area contributed by atoms with Gasteiger partial charge in [-0.2, -0.15) is 17.2 Å². The summed E-state index contributed by atoms with van der Waals surface area (Å²) >= 11 is 4.09. The van der Waals surface area contributed by atoms with E-state index < -0.39 is 6.04 Å². The van der Waals surface area contributed by atoms with Crippen LogP contribution < -0.4 is 15.2 Å². The zero-order chi connectivity index (χ0) is 21.2. The van der Waals surface area contributed by atoms with Crippen LogP contribution in [0.2, 0.25) is 0 Å². The van der Waals surface area contributed by atoms with E-state index in [-0.39, 0.29) is 5.91 Å². The van der Waals surface area contributed by atoms with Crippen LogP contribution in [0.3, 0.4) is 0 Å². The average molecular weight is 414 g/mol. The molecule has 0 saturated carbocycles. The van der Waals surface area contributed by atoms with Crippen LogP contribution in [0, 0.1) is 0 Å². The first-order valence-corrected chi connectivity index (χ1v) is 10.7. The standard InChI is InChI=1S/C23H32N4OS/c1-4-27-17-6-5-8-21(27)14-11-19-9-12-20(13-10-19)25(2)15-7-16-26(3)23(28)22(24)18-29/h5-6,8-14,17,22H,4,7,15-16,18,24H2,1-3H3/p+1. The van der Waals surface area contributed by atoms with Crippen molar-refractivity contribution in [2.75, 3.05) is 37.8 Å². The Bertz CT molecular complexity index is 807. The number of aryl methyl sites for hydroxylation is 1. The minimum atomic E-state index is -0.524. The van der Waals surface area contributed by atoms with Crippen molar-refractivity contribution >= 4 is 36.4 Å². The van der Waals surface area contributed by atoms with Crippen LogP contribution in [0.1, 0.15) is 24.6 Å². The lowest BCUT2D eigenvalue weighted by Crippen LogP contribution is -2.43. The number of thiol groups is 1. The van der Waals surface area contributed by atoms with Crippen molar-refractivity contribution in [3.05, 3.63) is 59.9 Å². The summed E-state index contributed by atoms with van der Waals surface area (Å²) in [6.45, 7) is 4.64. The maximum atomic E-state index is 12.0. The molecular formula is C23H33N4OS+. The van der Waals surface area contributed by atoms with Gasteiger partial charge in [0.1, 0.15) is 6.54 Å². The van der Waals surface area contributed by atoms with Gasteiger partial charge in [-0.15, -0.1) is 0 Å². The van der Waals surface area contributed by atoms with Crippen molar-refractivity contribution in [3.63, 3.8) is 0 Å². The molecule has 0 aliphatic heterocycles. The van der Waals surface area contributed by atoms with E-state index in [0.717, 1.165) is 25.2 Å². The van der Waals surface area contributed by atoms with Gasteiger partial charge >= 0.3 is 0 Å². The van der Waals surface area contributed by atoms with Crippen LogP contribution in [0.4, 0.5) is 5.69 Å². The van der Waals surface area contributed by atoms with Crippen molar-refractivity contribution in [2.45, 2.75) is 25.9 Å². The lowest BCUT2D eigenvalue weighted by atomic mass is 10.1. The molecule has 156 valence electrons. The average Bonchev–Trinajstić information content (AvgIpc) is 2.76. The van der Waals surface area contributed by atoms with E-state index in [1.807, 2.05) is 6.07 Å². The number of carbonyl (C=O) groups excluding carboxylic acids is 1. The molecule has 29 heavy (non-hydrogen) atoms. The Balaban J connectivity index is 1.87. The number of anilines is 1. The summed E-state index contributed by atoms with van der Waals surface area (Å²) < 4.78 is 2.21. The number of nitrogens with two attached hydrogens (primary N) is 1. The second kappa shape index (κ2) is 11.6. The lowest BCUT2D eigenvalue weighted by Gasteiger charge is -2.23. The van der Waals surface area contributed by atoms with Crippen LogP contribution in [-0.4, -0.2) is 49.8 Å². The quantitative estimate of drug-likeness (QED) is 0.465. The molecule has 1 heterocycles. The minimum absolute atomic E-state index is 0.0541. The van der Waals surface area contributed by atoms with Gasteiger partial charge in [-0.3, -0.25) is 4.79 Å². The fraction of sp³-hybridized carbons (Fsp3) is 0.391. The van der Waals surface area contributed by atoms with Crippen molar-refractivity contribution in [2.24, 2.45) is 5.73 Å². The molecule has 1 unspecified atom stereocenters. The number of benzene rings is 1. The monoisotopic (exact) mass is 413 g/mol. The zero-order valence-corrected chi connectivity index (χ0v) is 18.6. The number of rotatable bonds is 10. The SMILES string of the molecule is CC[n+]1ccccc1/C=C/c1ccc(N(C)CCCN(C)C(=O)C(N)CS)cc1. The number of carbonyl (C=O) groups is 1. The molecular weight excluding hydrogens is 380 g/mol. The number of likely N-dealkylation sites (N-methyl/N-ethyl adjacent to an activating group) is 1. The third-order valence-corrected chi connectivity index (χ3v) is 5.37. The van der Waals surface area contributed by atoms with Crippen molar-refractivity contribution in [1.82, 2.24) is 4.90 Å². The molecule has 0 aliphatic rings. The molecule has 5 nitrogen and oxygen atoms in total. The van der Waals surface area contributed by atoms with Gasteiger partial charge in [-0.1, -0.05) is 12.1 Å². The normalized spacial score (nSPS) is 12.2. The summed E-state index contributed by atoms with van der Waals surface area (Å²) in [7, 11) is 3.86. The highest BCUT2D eigenvalue weighted by Crippen LogP contribution is 2.16. The molecule has 1 atom stereocenters.